The number of alkyl halides is 5. The summed E-state index contributed by atoms with van der Waals surface area (Å²) in [5, 5.41) is 5.44. The zero-order valence-electron chi connectivity index (χ0n) is 15.3. The van der Waals surface area contributed by atoms with Gasteiger partial charge in [-0.3, -0.25) is 9.78 Å². The van der Waals surface area contributed by atoms with Crippen molar-refractivity contribution in [2.75, 3.05) is 10.6 Å². The summed E-state index contributed by atoms with van der Waals surface area (Å²) in [7, 11) is 0. The van der Waals surface area contributed by atoms with E-state index in [1.165, 1.54) is 18.3 Å². The van der Waals surface area contributed by atoms with Crippen molar-refractivity contribution in [1.82, 2.24) is 9.97 Å². The van der Waals surface area contributed by atoms with Gasteiger partial charge in [0.2, 0.25) is 0 Å². The van der Waals surface area contributed by atoms with Crippen LogP contribution in [-0.2, 0) is 12.5 Å². The number of halogens is 5. The number of nitrogens with zero attached hydrogens (tertiary/aromatic N) is 2. The first-order valence-corrected chi connectivity index (χ1v) is 8.64. The standard InChI is InChI=1S/C20H15F5N4O/c21-19(22,20(23,24)25)13-6-8-14(9-7-13)29-18(30)16-5-3-11-27-17(16)28-12-15-4-1-2-10-26-15/h1-11H,12H2,(H,27,28)(H,29,30). The highest BCUT2D eigenvalue weighted by atomic mass is 19.4. The molecule has 30 heavy (non-hydrogen) atoms. The van der Waals surface area contributed by atoms with E-state index in [0.29, 0.717) is 18.7 Å². The molecule has 1 aromatic carbocycles. The van der Waals surface area contributed by atoms with E-state index in [0.717, 1.165) is 17.8 Å². The van der Waals surface area contributed by atoms with Gasteiger partial charge in [-0.1, -0.05) is 18.2 Å². The summed E-state index contributed by atoms with van der Waals surface area (Å²) in [6, 6.07) is 11.6. The molecule has 0 atom stereocenters. The number of carbonyl (C=O) groups excluding carboxylic acids is 1. The zero-order chi connectivity index (χ0) is 21.8. The lowest BCUT2D eigenvalue weighted by Gasteiger charge is -2.20. The quantitative estimate of drug-likeness (QED) is 0.549. The van der Waals surface area contributed by atoms with Crippen LogP contribution in [0.15, 0.2) is 67.0 Å². The van der Waals surface area contributed by atoms with Gasteiger partial charge in [-0.15, -0.1) is 0 Å². The van der Waals surface area contributed by atoms with E-state index in [9.17, 15) is 26.7 Å². The molecule has 0 fully saturated rings. The number of benzene rings is 1. The smallest absolute Gasteiger partial charge is 0.364 e. The van der Waals surface area contributed by atoms with Gasteiger partial charge in [-0.2, -0.15) is 22.0 Å². The predicted molar refractivity (Wildman–Crippen MR) is 100 cm³/mol. The number of hydrogen-bond acceptors (Lipinski definition) is 4. The minimum Gasteiger partial charge on any atom is -0.364 e. The molecule has 0 aliphatic heterocycles. The van der Waals surface area contributed by atoms with Crippen molar-refractivity contribution in [3.05, 3.63) is 83.8 Å². The largest absolute Gasteiger partial charge is 0.458 e. The number of hydrogen-bond donors (Lipinski definition) is 2. The molecule has 0 saturated heterocycles. The molecule has 10 heteroatoms. The molecule has 1 amide bonds. The van der Waals surface area contributed by atoms with Gasteiger partial charge in [0.1, 0.15) is 5.82 Å². The van der Waals surface area contributed by atoms with Crippen LogP contribution in [0.25, 0.3) is 0 Å². The molecule has 0 aliphatic carbocycles. The van der Waals surface area contributed by atoms with Crippen molar-refractivity contribution in [3.63, 3.8) is 0 Å². The average molecular weight is 422 g/mol. The lowest BCUT2D eigenvalue weighted by molar-refractivity contribution is -0.289. The first-order chi connectivity index (χ1) is 14.2. The Morgan fingerprint density at radius 1 is 0.867 bits per heavy atom. The fourth-order valence-electron chi connectivity index (χ4n) is 2.53. The van der Waals surface area contributed by atoms with E-state index < -0.39 is 23.6 Å². The van der Waals surface area contributed by atoms with Crippen LogP contribution in [0.1, 0.15) is 21.6 Å². The number of anilines is 2. The molecule has 2 aromatic heterocycles. The summed E-state index contributed by atoms with van der Waals surface area (Å²) in [5.41, 5.74) is -0.276. The third-order valence-corrected chi connectivity index (χ3v) is 4.08. The normalized spacial score (nSPS) is 11.8. The molecule has 2 heterocycles. The van der Waals surface area contributed by atoms with Gasteiger partial charge in [0.15, 0.2) is 0 Å². The van der Waals surface area contributed by atoms with E-state index in [1.54, 1.807) is 18.3 Å². The second kappa shape index (κ2) is 8.44. The fourth-order valence-corrected chi connectivity index (χ4v) is 2.53. The summed E-state index contributed by atoms with van der Waals surface area (Å²) < 4.78 is 64.1. The SMILES string of the molecule is O=C(Nc1ccc(C(F)(F)C(F)(F)F)cc1)c1cccnc1NCc1ccccn1. The van der Waals surface area contributed by atoms with E-state index in [4.69, 9.17) is 0 Å². The van der Waals surface area contributed by atoms with Gasteiger partial charge in [0.25, 0.3) is 5.91 Å². The van der Waals surface area contributed by atoms with Crippen LogP contribution in [0.4, 0.5) is 33.5 Å². The molecule has 0 bridgehead atoms. The molecule has 0 saturated carbocycles. The third kappa shape index (κ3) is 4.70. The Morgan fingerprint density at radius 3 is 2.20 bits per heavy atom. The van der Waals surface area contributed by atoms with Gasteiger partial charge in [-0.25, -0.2) is 4.98 Å². The number of nitrogens with one attached hydrogen (secondary N) is 2. The Bertz CT molecular complexity index is 1010. The van der Waals surface area contributed by atoms with Crippen LogP contribution >= 0.6 is 0 Å². The van der Waals surface area contributed by atoms with Crippen molar-refractivity contribution in [1.29, 1.82) is 0 Å². The minimum absolute atomic E-state index is 0.0567. The molecule has 2 N–H and O–H groups in total. The average Bonchev–Trinajstić information content (AvgIpc) is 2.73. The van der Waals surface area contributed by atoms with E-state index in [1.807, 2.05) is 6.07 Å². The molecule has 3 aromatic rings. The van der Waals surface area contributed by atoms with Crippen molar-refractivity contribution < 1.29 is 26.7 Å². The first-order valence-electron chi connectivity index (χ1n) is 8.64. The molecule has 0 unspecified atom stereocenters. The Kier molecular flexibility index (Phi) is 5.95. The Morgan fingerprint density at radius 2 is 1.57 bits per heavy atom. The van der Waals surface area contributed by atoms with Gasteiger partial charge >= 0.3 is 12.1 Å². The molecular weight excluding hydrogens is 407 g/mol. The summed E-state index contributed by atoms with van der Waals surface area (Å²) in [4.78, 5) is 20.8. The molecule has 0 radical (unpaired) electrons. The van der Waals surface area contributed by atoms with Gasteiger partial charge in [-0.05, 0) is 36.4 Å². The number of rotatable bonds is 6. The summed E-state index contributed by atoms with van der Waals surface area (Å²) in [6.45, 7) is 0.305. The van der Waals surface area contributed by atoms with E-state index in [2.05, 4.69) is 20.6 Å². The molecular formula is C20H15F5N4O. The van der Waals surface area contributed by atoms with Crippen molar-refractivity contribution in [3.8, 4) is 0 Å². The zero-order valence-corrected chi connectivity index (χ0v) is 15.3. The Labute approximate surface area is 168 Å². The summed E-state index contributed by atoms with van der Waals surface area (Å²) in [6.07, 6.45) is -2.61. The van der Waals surface area contributed by atoms with Crippen molar-refractivity contribution in [2.24, 2.45) is 0 Å². The second-order valence-electron chi connectivity index (χ2n) is 6.18. The van der Waals surface area contributed by atoms with Crippen LogP contribution in [0, 0.1) is 0 Å². The second-order valence-corrected chi connectivity index (χ2v) is 6.18. The Balaban J connectivity index is 1.72. The van der Waals surface area contributed by atoms with Gasteiger partial charge in [0.05, 0.1) is 17.8 Å². The summed E-state index contributed by atoms with van der Waals surface area (Å²) >= 11 is 0. The highest BCUT2D eigenvalue weighted by molar-refractivity contribution is 6.07. The molecule has 3 rings (SSSR count). The van der Waals surface area contributed by atoms with Crippen molar-refractivity contribution in [2.45, 2.75) is 18.6 Å². The number of amides is 1. The minimum atomic E-state index is -5.71. The van der Waals surface area contributed by atoms with Crippen LogP contribution in [-0.4, -0.2) is 22.1 Å². The maximum absolute atomic E-state index is 13.4. The number of pyridine rings is 2. The highest BCUT2D eigenvalue weighted by Gasteiger charge is 2.58. The van der Waals surface area contributed by atoms with E-state index in [-0.39, 0.29) is 17.1 Å². The van der Waals surface area contributed by atoms with Crippen LogP contribution < -0.4 is 10.6 Å². The van der Waals surface area contributed by atoms with Crippen LogP contribution in [0.5, 0.6) is 0 Å². The van der Waals surface area contributed by atoms with Gasteiger partial charge < -0.3 is 10.6 Å². The molecule has 0 spiro atoms. The number of carbonyl (C=O) groups is 1. The molecule has 156 valence electrons. The third-order valence-electron chi connectivity index (χ3n) is 4.08. The maximum Gasteiger partial charge on any atom is 0.458 e. The van der Waals surface area contributed by atoms with Crippen LogP contribution in [0.2, 0.25) is 0 Å². The fraction of sp³-hybridized carbons (Fsp3) is 0.150. The lowest BCUT2D eigenvalue weighted by Crippen LogP contribution is -2.33. The molecule has 5 nitrogen and oxygen atoms in total. The lowest BCUT2D eigenvalue weighted by atomic mass is 10.1. The summed E-state index contributed by atoms with van der Waals surface area (Å²) in [5.74, 6) is -5.33. The Hall–Kier alpha value is -3.56. The monoisotopic (exact) mass is 422 g/mol. The van der Waals surface area contributed by atoms with Crippen LogP contribution in [0.3, 0.4) is 0 Å². The predicted octanol–water partition coefficient (Wildman–Crippen LogP) is 5.00. The molecule has 0 aliphatic rings. The topological polar surface area (TPSA) is 66.9 Å². The van der Waals surface area contributed by atoms with Gasteiger partial charge in [0, 0.05) is 23.6 Å². The number of aromatic nitrogens is 2. The first kappa shape index (κ1) is 21.2. The van der Waals surface area contributed by atoms with Crippen molar-refractivity contribution >= 4 is 17.4 Å². The highest BCUT2D eigenvalue weighted by Crippen LogP contribution is 2.43. The van der Waals surface area contributed by atoms with E-state index >= 15 is 0 Å². The maximum atomic E-state index is 13.4.